The van der Waals surface area contributed by atoms with E-state index in [2.05, 4.69) is 0 Å². The molecule has 1 fully saturated rings. The van der Waals surface area contributed by atoms with Crippen molar-refractivity contribution in [1.29, 1.82) is 0 Å². The molecule has 2 rings (SSSR count). The Morgan fingerprint density at radius 1 is 1.45 bits per heavy atom. The van der Waals surface area contributed by atoms with E-state index in [-0.39, 0.29) is 17.9 Å². The summed E-state index contributed by atoms with van der Waals surface area (Å²) in [5.41, 5.74) is 7.22. The van der Waals surface area contributed by atoms with Crippen LogP contribution in [0.2, 0.25) is 0 Å². The predicted molar refractivity (Wildman–Crippen MR) is 83.9 cm³/mol. The topological polar surface area (TPSA) is 55.6 Å². The molecule has 4 nitrogen and oxygen atoms in total. The summed E-state index contributed by atoms with van der Waals surface area (Å²) in [6.07, 6.45) is 1.71. The fourth-order valence-electron chi connectivity index (χ4n) is 2.56. The lowest BCUT2D eigenvalue weighted by Crippen LogP contribution is -2.36. The number of thiocarbonyl (C=S) groups is 1. The number of carbonyl (C=O) groups is 1. The normalized spacial score (nSPS) is 21.7. The van der Waals surface area contributed by atoms with E-state index in [1.807, 2.05) is 31.2 Å². The first-order valence-corrected chi connectivity index (χ1v) is 7.24. The standard InChI is InChI=1S/C15H20N2O2S/c1-3-13-12(8-9-19-13)15(18)17(2)11-6-4-10(5-7-11)14(16)20/h4-7,12-13H,3,8-9H2,1-2H3,(H2,16,20). The van der Waals surface area contributed by atoms with E-state index in [4.69, 9.17) is 22.7 Å². The molecular weight excluding hydrogens is 272 g/mol. The van der Waals surface area contributed by atoms with E-state index in [9.17, 15) is 4.79 Å². The van der Waals surface area contributed by atoms with Gasteiger partial charge < -0.3 is 15.4 Å². The van der Waals surface area contributed by atoms with Crippen LogP contribution in [0.4, 0.5) is 5.69 Å². The number of nitrogens with two attached hydrogens (primary N) is 1. The van der Waals surface area contributed by atoms with Gasteiger partial charge in [-0.2, -0.15) is 0 Å². The SMILES string of the molecule is CCC1OCCC1C(=O)N(C)c1ccc(C(N)=S)cc1. The maximum absolute atomic E-state index is 12.5. The van der Waals surface area contributed by atoms with Gasteiger partial charge in [-0.3, -0.25) is 4.79 Å². The summed E-state index contributed by atoms with van der Waals surface area (Å²) in [7, 11) is 1.79. The van der Waals surface area contributed by atoms with Gasteiger partial charge in [0, 0.05) is 24.9 Å². The average molecular weight is 292 g/mol. The van der Waals surface area contributed by atoms with Crippen LogP contribution < -0.4 is 10.6 Å². The minimum absolute atomic E-state index is 0.0414. The molecule has 1 aliphatic rings. The molecule has 2 N–H and O–H groups in total. The summed E-state index contributed by atoms with van der Waals surface area (Å²) in [5, 5.41) is 0. The first-order valence-electron chi connectivity index (χ1n) is 6.83. The fraction of sp³-hybridized carbons (Fsp3) is 0.467. The number of hydrogen-bond acceptors (Lipinski definition) is 3. The fourth-order valence-corrected chi connectivity index (χ4v) is 2.69. The van der Waals surface area contributed by atoms with Crippen molar-refractivity contribution in [2.75, 3.05) is 18.6 Å². The smallest absolute Gasteiger partial charge is 0.232 e. The largest absolute Gasteiger partial charge is 0.389 e. The average Bonchev–Trinajstić information content (AvgIpc) is 2.94. The molecule has 0 saturated carbocycles. The molecule has 2 unspecified atom stereocenters. The highest BCUT2D eigenvalue weighted by molar-refractivity contribution is 7.80. The summed E-state index contributed by atoms with van der Waals surface area (Å²) in [6, 6.07) is 7.40. The van der Waals surface area contributed by atoms with Gasteiger partial charge in [0.2, 0.25) is 5.91 Å². The third-order valence-electron chi connectivity index (χ3n) is 3.80. The molecule has 5 heteroatoms. The van der Waals surface area contributed by atoms with Gasteiger partial charge in [-0.25, -0.2) is 0 Å². The van der Waals surface area contributed by atoms with Gasteiger partial charge in [-0.15, -0.1) is 0 Å². The van der Waals surface area contributed by atoms with Crippen LogP contribution in [0.15, 0.2) is 24.3 Å². The number of ether oxygens (including phenoxy) is 1. The van der Waals surface area contributed by atoms with Crippen molar-refractivity contribution in [2.24, 2.45) is 11.7 Å². The van der Waals surface area contributed by atoms with Crippen molar-refractivity contribution < 1.29 is 9.53 Å². The third kappa shape index (κ3) is 2.99. The Morgan fingerprint density at radius 3 is 2.65 bits per heavy atom. The monoisotopic (exact) mass is 292 g/mol. The lowest BCUT2D eigenvalue weighted by Gasteiger charge is -2.24. The van der Waals surface area contributed by atoms with Gasteiger partial charge in [0.25, 0.3) is 0 Å². The molecule has 108 valence electrons. The lowest BCUT2D eigenvalue weighted by atomic mass is 9.98. The van der Waals surface area contributed by atoms with Crippen molar-refractivity contribution in [1.82, 2.24) is 0 Å². The minimum atomic E-state index is -0.0414. The molecule has 0 spiro atoms. The molecule has 0 bridgehead atoms. The van der Waals surface area contributed by atoms with Crippen molar-refractivity contribution in [3.8, 4) is 0 Å². The highest BCUT2D eigenvalue weighted by Crippen LogP contribution is 2.27. The van der Waals surface area contributed by atoms with Gasteiger partial charge in [-0.05, 0) is 37.1 Å². The highest BCUT2D eigenvalue weighted by atomic mass is 32.1. The van der Waals surface area contributed by atoms with Gasteiger partial charge >= 0.3 is 0 Å². The third-order valence-corrected chi connectivity index (χ3v) is 4.03. The Hall–Kier alpha value is -1.46. The van der Waals surface area contributed by atoms with Gasteiger partial charge in [0.05, 0.1) is 12.0 Å². The van der Waals surface area contributed by atoms with Crippen molar-refractivity contribution in [3.05, 3.63) is 29.8 Å². The summed E-state index contributed by atoms with van der Waals surface area (Å²) < 4.78 is 5.59. The summed E-state index contributed by atoms with van der Waals surface area (Å²) in [4.78, 5) is 14.6. The molecule has 1 aliphatic heterocycles. The van der Waals surface area contributed by atoms with Gasteiger partial charge in [0.1, 0.15) is 4.99 Å². The second kappa shape index (κ2) is 6.33. The number of rotatable bonds is 4. The van der Waals surface area contributed by atoms with Crippen LogP contribution in [0.25, 0.3) is 0 Å². The van der Waals surface area contributed by atoms with Crippen molar-refractivity contribution >= 4 is 28.8 Å². The summed E-state index contributed by atoms with van der Waals surface area (Å²) in [5.74, 6) is 0.0673. The number of nitrogens with zero attached hydrogens (tertiary/aromatic N) is 1. The first-order chi connectivity index (χ1) is 9.54. The van der Waals surface area contributed by atoms with E-state index in [0.717, 1.165) is 24.1 Å². The number of hydrogen-bond donors (Lipinski definition) is 1. The zero-order chi connectivity index (χ0) is 14.7. The Bertz CT molecular complexity index is 501. The Kier molecular flexibility index (Phi) is 4.73. The van der Waals surface area contributed by atoms with Crippen LogP contribution in [0.5, 0.6) is 0 Å². The minimum Gasteiger partial charge on any atom is -0.389 e. The zero-order valence-corrected chi connectivity index (χ0v) is 12.7. The van der Waals surface area contributed by atoms with E-state index in [0.29, 0.717) is 11.6 Å². The Morgan fingerprint density at radius 2 is 2.10 bits per heavy atom. The molecule has 1 aromatic carbocycles. The molecular formula is C15H20N2O2S. The van der Waals surface area contributed by atoms with Crippen LogP contribution in [-0.2, 0) is 9.53 Å². The molecule has 1 amide bonds. The van der Waals surface area contributed by atoms with Crippen LogP contribution in [0.3, 0.4) is 0 Å². The maximum atomic E-state index is 12.5. The van der Waals surface area contributed by atoms with E-state index < -0.39 is 0 Å². The number of benzene rings is 1. The quantitative estimate of drug-likeness (QED) is 0.864. The molecule has 20 heavy (non-hydrogen) atoms. The number of amides is 1. The number of carbonyl (C=O) groups excluding carboxylic acids is 1. The zero-order valence-electron chi connectivity index (χ0n) is 11.8. The molecule has 2 atom stereocenters. The molecule has 0 aromatic heterocycles. The molecule has 1 aromatic rings. The Labute approximate surface area is 124 Å². The molecule has 0 aliphatic carbocycles. The van der Waals surface area contributed by atoms with Crippen LogP contribution in [0.1, 0.15) is 25.3 Å². The van der Waals surface area contributed by atoms with Gasteiger partial charge in [-0.1, -0.05) is 19.1 Å². The van der Waals surface area contributed by atoms with Crippen LogP contribution in [0, 0.1) is 5.92 Å². The summed E-state index contributed by atoms with van der Waals surface area (Å²) >= 11 is 4.92. The van der Waals surface area contributed by atoms with Gasteiger partial charge in [0.15, 0.2) is 0 Å². The van der Waals surface area contributed by atoms with Crippen LogP contribution >= 0.6 is 12.2 Å². The lowest BCUT2D eigenvalue weighted by molar-refractivity contribution is -0.123. The number of anilines is 1. The Balaban J connectivity index is 2.12. The molecule has 1 heterocycles. The summed E-state index contributed by atoms with van der Waals surface area (Å²) in [6.45, 7) is 2.72. The predicted octanol–water partition coefficient (Wildman–Crippen LogP) is 2.10. The van der Waals surface area contributed by atoms with Crippen molar-refractivity contribution in [2.45, 2.75) is 25.9 Å². The first kappa shape index (κ1) is 14.9. The maximum Gasteiger partial charge on any atom is 0.232 e. The van der Waals surface area contributed by atoms with Crippen molar-refractivity contribution in [3.63, 3.8) is 0 Å². The highest BCUT2D eigenvalue weighted by Gasteiger charge is 2.34. The second-order valence-corrected chi connectivity index (χ2v) is 5.46. The van der Waals surface area contributed by atoms with E-state index in [1.165, 1.54) is 0 Å². The van der Waals surface area contributed by atoms with E-state index in [1.54, 1.807) is 11.9 Å². The molecule has 0 radical (unpaired) electrons. The van der Waals surface area contributed by atoms with Crippen LogP contribution in [-0.4, -0.2) is 30.7 Å². The van der Waals surface area contributed by atoms with E-state index >= 15 is 0 Å². The second-order valence-electron chi connectivity index (χ2n) is 5.02. The molecule has 1 saturated heterocycles.